The van der Waals surface area contributed by atoms with Gasteiger partial charge in [0.25, 0.3) is 0 Å². The standard InChI is InChI=1S/C22H25FN2O3/c1-15(17-9-11-18(23)12-10-17)24-20(26)19-22(2,3)14-25(19)21(27)28-13-16-7-5-4-6-8-16/h4-12,15,19H,13-14H2,1-3H3,(H,24,26)/t15-,19?/m1/s1. The van der Waals surface area contributed by atoms with Crippen LogP contribution in [0.1, 0.15) is 37.9 Å². The molecule has 28 heavy (non-hydrogen) atoms. The van der Waals surface area contributed by atoms with E-state index >= 15 is 0 Å². The van der Waals surface area contributed by atoms with E-state index in [1.54, 1.807) is 12.1 Å². The molecule has 1 fully saturated rings. The Kier molecular flexibility index (Phi) is 5.68. The van der Waals surface area contributed by atoms with E-state index in [2.05, 4.69) is 5.32 Å². The van der Waals surface area contributed by atoms with Gasteiger partial charge in [0.2, 0.25) is 5.91 Å². The van der Waals surface area contributed by atoms with Gasteiger partial charge in [0, 0.05) is 12.0 Å². The van der Waals surface area contributed by atoms with Gasteiger partial charge in [0.05, 0.1) is 6.04 Å². The number of amides is 2. The van der Waals surface area contributed by atoms with Gasteiger partial charge in [0.1, 0.15) is 18.5 Å². The lowest BCUT2D eigenvalue weighted by molar-refractivity contribution is -0.141. The Labute approximate surface area is 164 Å². The number of nitrogens with one attached hydrogen (secondary N) is 1. The predicted molar refractivity (Wildman–Crippen MR) is 104 cm³/mol. The van der Waals surface area contributed by atoms with Crippen molar-refractivity contribution in [2.75, 3.05) is 6.54 Å². The van der Waals surface area contributed by atoms with Gasteiger partial charge in [-0.2, -0.15) is 0 Å². The van der Waals surface area contributed by atoms with Crippen molar-refractivity contribution in [3.8, 4) is 0 Å². The van der Waals surface area contributed by atoms with Crippen LogP contribution in [-0.4, -0.2) is 29.5 Å². The SMILES string of the molecule is C[C@@H](NC(=O)C1N(C(=O)OCc2ccccc2)CC1(C)C)c1ccc(F)cc1. The monoisotopic (exact) mass is 384 g/mol. The Hall–Kier alpha value is -2.89. The van der Waals surface area contributed by atoms with Crippen molar-refractivity contribution in [1.29, 1.82) is 0 Å². The van der Waals surface area contributed by atoms with Gasteiger partial charge in [-0.05, 0) is 30.2 Å². The van der Waals surface area contributed by atoms with E-state index in [9.17, 15) is 14.0 Å². The minimum atomic E-state index is -0.612. The zero-order chi connectivity index (χ0) is 20.3. The second-order valence-electron chi connectivity index (χ2n) is 7.84. The Morgan fingerprint density at radius 3 is 2.43 bits per heavy atom. The molecule has 1 aliphatic rings. The van der Waals surface area contributed by atoms with Gasteiger partial charge in [-0.25, -0.2) is 9.18 Å². The van der Waals surface area contributed by atoms with E-state index in [1.807, 2.05) is 51.1 Å². The maximum atomic E-state index is 13.1. The molecule has 0 spiro atoms. The van der Waals surface area contributed by atoms with E-state index in [0.717, 1.165) is 11.1 Å². The van der Waals surface area contributed by atoms with Crippen molar-refractivity contribution in [3.05, 3.63) is 71.5 Å². The first-order valence-electron chi connectivity index (χ1n) is 9.31. The van der Waals surface area contributed by atoms with Crippen LogP contribution in [0.5, 0.6) is 0 Å². The summed E-state index contributed by atoms with van der Waals surface area (Å²) in [6.07, 6.45) is -0.502. The molecule has 5 nitrogen and oxygen atoms in total. The fourth-order valence-corrected chi connectivity index (χ4v) is 3.52. The lowest BCUT2D eigenvalue weighted by Gasteiger charge is -2.52. The largest absolute Gasteiger partial charge is 0.445 e. The van der Waals surface area contributed by atoms with Crippen LogP contribution in [0, 0.1) is 11.2 Å². The van der Waals surface area contributed by atoms with Crippen LogP contribution < -0.4 is 5.32 Å². The maximum absolute atomic E-state index is 13.1. The molecule has 2 aromatic carbocycles. The van der Waals surface area contributed by atoms with Crippen molar-refractivity contribution in [2.24, 2.45) is 5.41 Å². The molecular weight excluding hydrogens is 359 g/mol. The average molecular weight is 384 g/mol. The van der Waals surface area contributed by atoms with E-state index < -0.39 is 12.1 Å². The van der Waals surface area contributed by atoms with E-state index in [1.165, 1.54) is 17.0 Å². The van der Waals surface area contributed by atoms with Crippen molar-refractivity contribution >= 4 is 12.0 Å². The number of carbonyl (C=O) groups is 2. The average Bonchev–Trinajstić information content (AvgIpc) is 2.65. The van der Waals surface area contributed by atoms with Crippen molar-refractivity contribution in [3.63, 3.8) is 0 Å². The molecule has 2 aromatic rings. The number of carbonyl (C=O) groups excluding carboxylic acids is 2. The number of likely N-dealkylation sites (tertiary alicyclic amines) is 1. The van der Waals surface area contributed by atoms with Crippen LogP contribution >= 0.6 is 0 Å². The molecule has 3 rings (SSSR count). The molecule has 0 aromatic heterocycles. The Morgan fingerprint density at radius 1 is 1.18 bits per heavy atom. The lowest BCUT2D eigenvalue weighted by Crippen LogP contribution is -2.69. The fourth-order valence-electron chi connectivity index (χ4n) is 3.52. The summed E-state index contributed by atoms with van der Waals surface area (Å²) in [6.45, 7) is 6.33. The molecule has 148 valence electrons. The third-order valence-electron chi connectivity index (χ3n) is 5.05. The van der Waals surface area contributed by atoms with Crippen molar-refractivity contribution in [2.45, 2.75) is 39.5 Å². The first-order valence-corrected chi connectivity index (χ1v) is 9.31. The summed E-state index contributed by atoms with van der Waals surface area (Å²) in [5.74, 6) is -0.570. The fraction of sp³-hybridized carbons (Fsp3) is 0.364. The predicted octanol–water partition coefficient (Wildman–Crippen LogP) is 4.05. The highest BCUT2D eigenvalue weighted by molar-refractivity contribution is 5.88. The summed E-state index contributed by atoms with van der Waals surface area (Å²) < 4.78 is 18.5. The number of hydrogen-bond acceptors (Lipinski definition) is 3. The molecule has 2 atom stereocenters. The van der Waals surface area contributed by atoms with Crippen LogP contribution in [-0.2, 0) is 16.1 Å². The van der Waals surface area contributed by atoms with Gasteiger partial charge in [0.15, 0.2) is 0 Å². The summed E-state index contributed by atoms with van der Waals surface area (Å²) in [5, 5.41) is 2.92. The van der Waals surface area contributed by atoms with Crippen molar-refractivity contribution < 1.29 is 18.7 Å². The van der Waals surface area contributed by atoms with Crippen LogP contribution in [0.4, 0.5) is 9.18 Å². The van der Waals surface area contributed by atoms with E-state index in [4.69, 9.17) is 4.74 Å². The van der Waals surface area contributed by atoms with E-state index in [0.29, 0.717) is 6.54 Å². The first-order chi connectivity index (χ1) is 13.3. The van der Waals surface area contributed by atoms with E-state index in [-0.39, 0.29) is 29.8 Å². The van der Waals surface area contributed by atoms with Crippen molar-refractivity contribution in [1.82, 2.24) is 10.2 Å². The third kappa shape index (κ3) is 4.32. The third-order valence-corrected chi connectivity index (χ3v) is 5.05. The minimum absolute atomic E-state index is 0.164. The van der Waals surface area contributed by atoms with Crippen LogP contribution in [0.15, 0.2) is 54.6 Å². The molecule has 2 amide bonds. The molecule has 1 unspecified atom stereocenters. The highest BCUT2D eigenvalue weighted by Gasteiger charge is 2.53. The molecule has 1 saturated heterocycles. The number of hydrogen-bond donors (Lipinski definition) is 1. The molecular formula is C22H25FN2O3. The number of ether oxygens (including phenoxy) is 1. The molecule has 0 saturated carbocycles. The maximum Gasteiger partial charge on any atom is 0.410 e. The number of benzene rings is 2. The topological polar surface area (TPSA) is 58.6 Å². The molecule has 0 aliphatic carbocycles. The quantitative estimate of drug-likeness (QED) is 0.846. The summed E-state index contributed by atoms with van der Waals surface area (Å²) in [4.78, 5) is 26.8. The molecule has 1 N–H and O–H groups in total. The minimum Gasteiger partial charge on any atom is -0.445 e. The smallest absolute Gasteiger partial charge is 0.410 e. The molecule has 1 heterocycles. The van der Waals surface area contributed by atoms with Gasteiger partial charge in [-0.1, -0.05) is 56.3 Å². The Balaban J connectivity index is 1.61. The van der Waals surface area contributed by atoms with Gasteiger partial charge in [-0.15, -0.1) is 0 Å². The zero-order valence-corrected chi connectivity index (χ0v) is 16.3. The van der Waals surface area contributed by atoms with Gasteiger partial charge >= 0.3 is 6.09 Å². The first kappa shape index (κ1) is 19.9. The Morgan fingerprint density at radius 2 is 1.82 bits per heavy atom. The molecule has 0 bridgehead atoms. The Bertz CT molecular complexity index is 837. The summed E-state index contributed by atoms with van der Waals surface area (Å²) in [7, 11) is 0. The van der Waals surface area contributed by atoms with Crippen LogP contribution in [0.3, 0.4) is 0 Å². The van der Waals surface area contributed by atoms with Gasteiger partial charge < -0.3 is 10.1 Å². The molecule has 0 radical (unpaired) electrons. The summed E-state index contributed by atoms with van der Waals surface area (Å²) in [5.41, 5.74) is 1.34. The summed E-state index contributed by atoms with van der Waals surface area (Å²) in [6, 6.07) is 14.5. The molecule has 1 aliphatic heterocycles. The number of rotatable bonds is 5. The highest BCUT2D eigenvalue weighted by atomic mass is 19.1. The van der Waals surface area contributed by atoms with Crippen LogP contribution in [0.25, 0.3) is 0 Å². The number of nitrogens with zero attached hydrogens (tertiary/aromatic N) is 1. The zero-order valence-electron chi connectivity index (χ0n) is 16.3. The second-order valence-corrected chi connectivity index (χ2v) is 7.84. The molecule has 6 heteroatoms. The highest BCUT2D eigenvalue weighted by Crippen LogP contribution is 2.38. The summed E-state index contributed by atoms with van der Waals surface area (Å²) >= 11 is 0. The normalized spacial score (nSPS) is 18.7. The van der Waals surface area contributed by atoms with Crippen LogP contribution in [0.2, 0.25) is 0 Å². The second kappa shape index (κ2) is 8.00. The lowest BCUT2D eigenvalue weighted by atomic mass is 9.74. The number of halogens is 1. The van der Waals surface area contributed by atoms with Gasteiger partial charge in [-0.3, -0.25) is 9.69 Å².